The molecule has 2 heterocycles. The van der Waals surface area contributed by atoms with Crippen LogP contribution in [0.4, 0.5) is 0 Å². The lowest BCUT2D eigenvalue weighted by Crippen LogP contribution is -2.16. The Morgan fingerprint density at radius 2 is 1.83 bits per heavy atom. The number of aromatic nitrogens is 4. The Morgan fingerprint density at radius 3 is 2.28 bits per heavy atom. The third kappa shape index (κ3) is 1.87. The quantitative estimate of drug-likeness (QED) is 0.856. The molecule has 0 saturated carbocycles. The molecule has 0 aromatic carbocycles. The number of aryl methyl sites for hydroxylation is 3. The number of thiocarbonyl (C=S) groups is 1. The van der Waals surface area contributed by atoms with E-state index < -0.39 is 0 Å². The van der Waals surface area contributed by atoms with Crippen LogP contribution in [0.2, 0.25) is 0 Å². The molecule has 18 heavy (non-hydrogen) atoms. The van der Waals surface area contributed by atoms with Crippen molar-refractivity contribution >= 4 is 33.1 Å². The lowest BCUT2D eigenvalue weighted by molar-refractivity contribution is 0.682. The van der Waals surface area contributed by atoms with Gasteiger partial charge in [0.25, 0.3) is 0 Å². The van der Waals surface area contributed by atoms with Crippen molar-refractivity contribution in [2.45, 2.75) is 20.8 Å². The van der Waals surface area contributed by atoms with E-state index in [2.05, 4.69) is 26.1 Å². The number of rotatable bonds is 2. The van der Waals surface area contributed by atoms with Gasteiger partial charge >= 0.3 is 0 Å². The van der Waals surface area contributed by atoms with E-state index in [1.807, 2.05) is 32.5 Å². The Hall–Kier alpha value is -1.21. The molecular formula is C11H14BrN5S. The Kier molecular flexibility index (Phi) is 3.29. The van der Waals surface area contributed by atoms with Crippen LogP contribution >= 0.6 is 28.1 Å². The summed E-state index contributed by atoms with van der Waals surface area (Å²) in [5.41, 5.74) is 9.27. The summed E-state index contributed by atoms with van der Waals surface area (Å²) in [6.45, 7) is 5.81. The van der Waals surface area contributed by atoms with Crippen molar-refractivity contribution in [3.05, 3.63) is 27.1 Å². The predicted molar refractivity (Wildman–Crippen MR) is 78.1 cm³/mol. The fraction of sp³-hybridized carbons (Fsp3) is 0.364. The van der Waals surface area contributed by atoms with Crippen molar-refractivity contribution in [2.75, 3.05) is 0 Å². The first-order valence-electron chi connectivity index (χ1n) is 5.40. The third-order valence-electron chi connectivity index (χ3n) is 2.84. The molecule has 0 aliphatic carbocycles. The summed E-state index contributed by atoms with van der Waals surface area (Å²) in [6.07, 6.45) is 0. The monoisotopic (exact) mass is 327 g/mol. The van der Waals surface area contributed by atoms with Gasteiger partial charge in [-0.2, -0.15) is 10.2 Å². The van der Waals surface area contributed by atoms with Crippen molar-refractivity contribution in [1.82, 2.24) is 19.6 Å². The second-order valence-corrected chi connectivity index (χ2v) is 5.40. The number of nitrogens with two attached hydrogens (primary N) is 1. The van der Waals surface area contributed by atoms with E-state index in [4.69, 9.17) is 18.0 Å². The van der Waals surface area contributed by atoms with Gasteiger partial charge in [0.2, 0.25) is 0 Å². The maximum atomic E-state index is 5.79. The molecule has 0 amide bonds. The molecule has 0 spiro atoms. The van der Waals surface area contributed by atoms with Crippen LogP contribution in [0.3, 0.4) is 0 Å². The maximum absolute atomic E-state index is 5.79. The molecule has 0 radical (unpaired) electrons. The van der Waals surface area contributed by atoms with E-state index in [-0.39, 0.29) is 0 Å². The summed E-state index contributed by atoms with van der Waals surface area (Å²) in [4.78, 5) is 0.333. The van der Waals surface area contributed by atoms with E-state index in [0.717, 1.165) is 32.9 Å². The lowest BCUT2D eigenvalue weighted by atomic mass is 10.2. The van der Waals surface area contributed by atoms with E-state index in [9.17, 15) is 0 Å². The van der Waals surface area contributed by atoms with Crippen LogP contribution in [0.1, 0.15) is 22.6 Å². The van der Waals surface area contributed by atoms with Crippen LogP contribution in [0, 0.1) is 20.8 Å². The average Bonchev–Trinajstić information content (AvgIpc) is 2.70. The van der Waals surface area contributed by atoms with Crippen LogP contribution in [0.25, 0.3) is 5.82 Å². The van der Waals surface area contributed by atoms with E-state index in [1.165, 1.54) is 0 Å². The predicted octanol–water partition coefficient (Wildman–Crippen LogP) is 1.93. The zero-order valence-corrected chi connectivity index (χ0v) is 13.1. The minimum atomic E-state index is 0.333. The molecule has 2 rings (SSSR count). The summed E-state index contributed by atoms with van der Waals surface area (Å²) in [6, 6.07) is 0. The topological polar surface area (TPSA) is 61.7 Å². The van der Waals surface area contributed by atoms with Gasteiger partial charge in [-0.15, -0.1) is 0 Å². The zero-order valence-electron chi connectivity index (χ0n) is 10.7. The summed E-state index contributed by atoms with van der Waals surface area (Å²) in [5.74, 6) is 0.798. The van der Waals surface area contributed by atoms with Gasteiger partial charge in [0.1, 0.15) is 4.99 Å². The molecule has 0 unspecified atom stereocenters. The molecule has 96 valence electrons. The van der Waals surface area contributed by atoms with Gasteiger partial charge in [-0.3, -0.25) is 4.68 Å². The molecule has 5 nitrogen and oxygen atoms in total. The van der Waals surface area contributed by atoms with Crippen molar-refractivity contribution in [1.29, 1.82) is 0 Å². The van der Waals surface area contributed by atoms with Gasteiger partial charge in [-0.25, -0.2) is 4.68 Å². The molecule has 2 N–H and O–H groups in total. The van der Waals surface area contributed by atoms with Crippen molar-refractivity contribution in [3.8, 4) is 5.82 Å². The highest BCUT2D eigenvalue weighted by Crippen LogP contribution is 2.25. The number of nitrogens with zero attached hydrogens (tertiary/aromatic N) is 4. The van der Waals surface area contributed by atoms with E-state index in [0.29, 0.717) is 4.99 Å². The van der Waals surface area contributed by atoms with Gasteiger partial charge in [-0.1, -0.05) is 12.2 Å². The highest BCUT2D eigenvalue weighted by molar-refractivity contribution is 9.10. The Labute approximate surface area is 119 Å². The average molecular weight is 328 g/mol. The van der Waals surface area contributed by atoms with Crippen LogP contribution in [0.5, 0.6) is 0 Å². The maximum Gasteiger partial charge on any atom is 0.162 e. The molecule has 2 aromatic rings. The molecule has 0 bridgehead atoms. The van der Waals surface area contributed by atoms with Crippen molar-refractivity contribution in [2.24, 2.45) is 12.8 Å². The Balaban J connectivity index is 2.78. The van der Waals surface area contributed by atoms with Gasteiger partial charge in [0.15, 0.2) is 5.82 Å². The molecule has 0 fully saturated rings. The van der Waals surface area contributed by atoms with Crippen LogP contribution in [-0.2, 0) is 7.05 Å². The summed E-state index contributed by atoms with van der Waals surface area (Å²) >= 11 is 8.62. The van der Waals surface area contributed by atoms with Crippen molar-refractivity contribution in [3.63, 3.8) is 0 Å². The standard InChI is InChI=1S/C11H14BrN5S/c1-5-8(10(13)18)11(16(4)14-5)17-7(3)9(12)6(2)15-17/h1-4H3,(H2,13,18). The molecule has 0 saturated heterocycles. The van der Waals surface area contributed by atoms with Gasteiger partial charge in [0.05, 0.1) is 27.1 Å². The van der Waals surface area contributed by atoms with Crippen molar-refractivity contribution < 1.29 is 0 Å². The molecule has 0 aliphatic heterocycles. The van der Waals surface area contributed by atoms with Crippen LogP contribution in [0.15, 0.2) is 4.47 Å². The fourth-order valence-corrected chi connectivity index (χ4v) is 2.49. The summed E-state index contributed by atoms with van der Waals surface area (Å²) in [7, 11) is 1.86. The molecule has 7 heteroatoms. The van der Waals surface area contributed by atoms with Crippen LogP contribution < -0.4 is 5.73 Å². The zero-order chi connectivity index (χ0) is 13.6. The molecule has 2 aromatic heterocycles. The molecule has 0 atom stereocenters. The minimum Gasteiger partial charge on any atom is -0.389 e. The molecular weight excluding hydrogens is 314 g/mol. The highest BCUT2D eigenvalue weighted by atomic mass is 79.9. The smallest absolute Gasteiger partial charge is 0.162 e. The fourth-order valence-electron chi connectivity index (χ4n) is 2.01. The first-order valence-corrected chi connectivity index (χ1v) is 6.60. The Bertz CT molecular complexity index is 640. The SMILES string of the molecule is Cc1nn(-c2c(C(N)=S)c(C)nn2C)c(C)c1Br. The molecule has 0 aliphatic rings. The van der Waals surface area contributed by atoms with Crippen LogP contribution in [-0.4, -0.2) is 24.5 Å². The number of hydrogen-bond acceptors (Lipinski definition) is 3. The normalized spacial score (nSPS) is 10.9. The lowest BCUT2D eigenvalue weighted by Gasteiger charge is -2.07. The summed E-state index contributed by atoms with van der Waals surface area (Å²) < 4.78 is 4.54. The highest BCUT2D eigenvalue weighted by Gasteiger charge is 2.21. The first kappa shape index (κ1) is 13.2. The first-order chi connectivity index (χ1) is 8.34. The number of halogens is 1. The van der Waals surface area contributed by atoms with Gasteiger partial charge < -0.3 is 5.73 Å². The van der Waals surface area contributed by atoms with Gasteiger partial charge in [-0.05, 0) is 36.7 Å². The second-order valence-electron chi connectivity index (χ2n) is 4.17. The van der Waals surface area contributed by atoms with E-state index >= 15 is 0 Å². The second kappa shape index (κ2) is 4.47. The largest absolute Gasteiger partial charge is 0.389 e. The summed E-state index contributed by atoms with van der Waals surface area (Å²) in [5, 5.41) is 8.85. The third-order valence-corrected chi connectivity index (χ3v) is 4.19. The minimum absolute atomic E-state index is 0.333. The Morgan fingerprint density at radius 1 is 1.22 bits per heavy atom. The number of hydrogen-bond donors (Lipinski definition) is 1. The van der Waals surface area contributed by atoms with E-state index in [1.54, 1.807) is 4.68 Å². The van der Waals surface area contributed by atoms with Gasteiger partial charge in [0, 0.05) is 7.05 Å².